The van der Waals surface area contributed by atoms with E-state index in [2.05, 4.69) is 19.9 Å². The highest BCUT2D eigenvalue weighted by molar-refractivity contribution is 8.69. The molecule has 0 saturated carbocycles. The molecule has 0 radical (unpaired) electrons. The second kappa shape index (κ2) is 20.3. The van der Waals surface area contributed by atoms with Gasteiger partial charge in [-0.3, -0.25) is 0 Å². The predicted octanol–water partition coefficient (Wildman–Crippen LogP) is 9.34. The van der Waals surface area contributed by atoms with Crippen LogP contribution in [0.2, 0.25) is 0 Å². The fraction of sp³-hybridized carbons (Fsp3) is 0.786. The van der Waals surface area contributed by atoms with Gasteiger partial charge in [-0.05, 0) is 48.9 Å². The van der Waals surface area contributed by atoms with E-state index in [1.165, 1.54) is 127 Å². The Morgan fingerprint density at radius 2 is 1.00 bits per heavy atom. The highest BCUT2D eigenvalue weighted by Gasteiger charge is 2.08. The van der Waals surface area contributed by atoms with Crippen LogP contribution in [0.25, 0.3) is 0 Å². The van der Waals surface area contributed by atoms with Crippen molar-refractivity contribution in [3.63, 3.8) is 0 Å². The SMILES string of the molecule is CCCCCCCCCCCc1ccc(O[P+]([O-])([S-])[S-])cc1CCCCCCCCCCC. The molecule has 0 aromatic heterocycles. The van der Waals surface area contributed by atoms with E-state index in [9.17, 15) is 4.89 Å². The summed E-state index contributed by atoms with van der Waals surface area (Å²) in [5.41, 5.74) is 2.74. The largest absolute Gasteiger partial charge is 0.682 e. The van der Waals surface area contributed by atoms with E-state index in [1.807, 2.05) is 12.1 Å². The maximum absolute atomic E-state index is 11.8. The average molecular weight is 513 g/mol. The Hall–Kier alpha value is 0.110. The Balaban J connectivity index is 2.40. The molecule has 0 atom stereocenters. The molecule has 0 spiro atoms. The first-order valence-corrected chi connectivity index (χ1v) is 17.4. The zero-order valence-corrected chi connectivity index (χ0v) is 24.0. The van der Waals surface area contributed by atoms with Gasteiger partial charge in [0.25, 0.3) is 0 Å². The molecule has 2 nitrogen and oxygen atoms in total. The second-order valence-electron chi connectivity index (χ2n) is 9.63. The van der Waals surface area contributed by atoms with Gasteiger partial charge in [0.15, 0.2) is 5.75 Å². The maximum Gasteiger partial charge on any atom is 0.168 e. The number of rotatable bonds is 22. The molecule has 0 unspecified atom stereocenters. The van der Waals surface area contributed by atoms with E-state index in [-0.39, 0.29) is 0 Å². The third kappa shape index (κ3) is 18.1. The van der Waals surface area contributed by atoms with Crippen molar-refractivity contribution >= 4 is 30.6 Å². The molecule has 0 aliphatic heterocycles. The van der Waals surface area contributed by atoms with Crippen LogP contribution in [-0.2, 0) is 37.3 Å². The summed E-state index contributed by atoms with van der Waals surface area (Å²) in [7, 11) is 0. The topological polar surface area (TPSA) is 32.3 Å². The first-order chi connectivity index (χ1) is 16.0. The number of aryl methyl sites for hydroxylation is 2. The van der Waals surface area contributed by atoms with Crippen LogP contribution in [0.15, 0.2) is 18.2 Å². The van der Waals surface area contributed by atoms with Crippen LogP contribution in [0.3, 0.4) is 0 Å². The van der Waals surface area contributed by atoms with Crippen LogP contribution in [0.4, 0.5) is 0 Å². The molecule has 0 bridgehead atoms. The van der Waals surface area contributed by atoms with Gasteiger partial charge in [-0.25, -0.2) is 0 Å². The second-order valence-corrected chi connectivity index (χ2v) is 14.3. The molecule has 1 rings (SSSR count). The highest BCUT2D eigenvalue weighted by atomic mass is 33.1. The molecule has 1 aromatic carbocycles. The minimum atomic E-state index is -3.35. The van der Waals surface area contributed by atoms with E-state index < -0.39 is 6.12 Å². The van der Waals surface area contributed by atoms with E-state index in [1.54, 1.807) is 0 Å². The third-order valence-electron chi connectivity index (χ3n) is 6.49. The number of hydrogen-bond donors (Lipinski definition) is 0. The summed E-state index contributed by atoms with van der Waals surface area (Å²) < 4.78 is 5.37. The molecule has 0 amide bonds. The summed E-state index contributed by atoms with van der Waals surface area (Å²) >= 11 is 9.62. The zero-order valence-electron chi connectivity index (χ0n) is 21.5. The van der Waals surface area contributed by atoms with Crippen molar-refractivity contribution < 1.29 is 9.42 Å². The minimum absolute atomic E-state index is 0.574. The van der Waals surface area contributed by atoms with Gasteiger partial charge in [0.05, 0.1) is 0 Å². The molecule has 5 heteroatoms. The molecule has 0 heterocycles. The molecule has 0 N–H and O–H groups in total. The Bertz CT molecular complexity index is 590. The summed E-state index contributed by atoms with van der Waals surface area (Å²) in [6.45, 7) is 4.54. The fourth-order valence-electron chi connectivity index (χ4n) is 4.52. The van der Waals surface area contributed by atoms with Gasteiger partial charge in [0.1, 0.15) is 0 Å². The van der Waals surface area contributed by atoms with Gasteiger partial charge >= 0.3 is 0 Å². The van der Waals surface area contributed by atoms with Crippen molar-refractivity contribution in [3.05, 3.63) is 29.3 Å². The molecular formula is C28H49O2PS2-2. The van der Waals surface area contributed by atoms with Crippen LogP contribution < -0.4 is 9.42 Å². The Labute approximate surface area is 216 Å². The minimum Gasteiger partial charge on any atom is -0.682 e. The Kier molecular flexibility index (Phi) is 19.2. The Morgan fingerprint density at radius 3 is 1.42 bits per heavy atom. The van der Waals surface area contributed by atoms with Crippen LogP contribution in [0.1, 0.15) is 141 Å². The predicted molar refractivity (Wildman–Crippen MR) is 151 cm³/mol. The molecule has 33 heavy (non-hydrogen) atoms. The van der Waals surface area contributed by atoms with Crippen LogP contribution in [-0.4, -0.2) is 0 Å². The zero-order chi connectivity index (χ0) is 24.2. The lowest BCUT2D eigenvalue weighted by Crippen LogP contribution is -2.09. The Morgan fingerprint density at radius 1 is 0.606 bits per heavy atom. The van der Waals surface area contributed by atoms with Crippen LogP contribution >= 0.6 is 6.12 Å². The van der Waals surface area contributed by atoms with Crippen molar-refractivity contribution in [1.82, 2.24) is 0 Å². The molecule has 0 fully saturated rings. The van der Waals surface area contributed by atoms with E-state index in [0.717, 1.165) is 12.8 Å². The highest BCUT2D eigenvalue weighted by Crippen LogP contribution is 2.46. The quantitative estimate of drug-likeness (QED) is 0.0880. The summed E-state index contributed by atoms with van der Waals surface area (Å²) in [6, 6.07) is 6.08. The summed E-state index contributed by atoms with van der Waals surface area (Å²) in [5.74, 6) is 0.574. The van der Waals surface area contributed by atoms with Crippen LogP contribution in [0.5, 0.6) is 5.75 Å². The number of benzene rings is 1. The van der Waals surface area contributed by atoms with Gasteiger partial charge < -0.3 is 33.9 Å². The van der Waals surface area contributed by atoms with Gasteiger partial charge in [0.2, 0.25) is 0 Å². The molecule has 0 saturated heterocycles. The maximum atomic E-state index is 11.8. The third-order valence-corrected chi connectivity index (χ3v) is 7.38. The van der Waals surface area contributed by atoms with E-state index in [0.29, 0.717) is 5.75 Å². The molecule has 1 aromatic rings. The molecule has 0 aliphatic rings. The number of hydrogen-bond acceptors (Lipinski definition) is 4. The lowest BCUT2D eigenvalue weighted by atomic mass is 9.96. The van der Waals surface area contributed by atoms with Gasteiger partial charge in [-0.1, -0.05) is 123 Å². The number of unbranched alkanes of at least 4 members (excludes halogenated alkanes) is 16. The van der Waals surface area contributed by atoms with E-state index in [4.69, 9.17) is 29.0 Å². The fourth-order valence-corrected chi connectivity index (χ4v) is 5.41. The lowest BCUT2D eigenvalue weighted by Gasteiger charge is -2.42. The van der Waals surface area contributed by atoms with Crippen molar-refractivity contribution in [3.8, 4) is 5.75 Å². The smallest absolute Gasteiger partial charge is 0.168 e. The molecule has 192 valence electrons. The monoisotopic (exact) mass is 512 g/mol. The average Bonchev–Trinajstić information content (AvgIpc) is 2.77. The molecular weight excluding hydrogens is 463 g/mol. The van der Waals surface area contributed by atoms with Gasteiger partial charge in [-0.2, -0.15) is 0 Å². The standard InChI is InChI=1S/C28H51O2PS2/c1-3-5-7-9-11-13-15-17-19-21-26-23-24-28(30-31(29,32)33)25-27(26)22-20-18-16-14-12-10-8-6-4-2/h23-25H,3-22H2,1-2H3,(H2,29,32,33)/p-2. The summed E-state index contributed by atoms with van der Waals surface area (Å²) in [4.78, 5) is 11.8. The first-order valence-electron chi connectivity index (χ1n) is 13.8. The lowest BCUT2D eigenvalue weighted by molar-refractivity contribution is -0.169. The molecule has 0 aliphatic carbocycles. The normalized spacial score (nSPS) is 11.8. The van der Waals surface area contributed by atoms with Gasteiger partial charge in [-0.15, -0.1) is 6.12 Å². The first kappa shape index (κ1) is 31.1. The summed E-state index contributed by atoms with van der Waals surface area (Å²) in [5, 5.41) is 0. The van der Waals surface area contributed by atoms with Crippen molar-refractivity contribution in [2.45, 2.75) is 142 Å². The van der Waals surface area contributed by atoms with Crippen molar-refractivity contribution in [2.24, 2.45) is 0 Å². The van der Waals surface area contributed by atoms with Crippen LogP contribution in [0, 0.1) is 0 Å². The van der Waals surface area contributed by atoms with Gasteiger partial charge in [0, 0.05) is 0 Å². The van der Waals surface area contributed by atoms with E-state index >= 15 is 0 Å². The van der Waals surface area contributed by atoms with Crippen molar-refractivity contribution in [1.29, 1.82) is 0 Å². The summed E-state index contributed by atoms with van der Waals surface area (Å²) in [6.07, 6.45) is 22.9. The van der Waals surface area contributed by atoms with Crippen molar-refractivity contribution in [2.75, 3.05) is 0 Å².